The molecule has 0 radical (unpaired) electrons. The Kier molecular flexibility index (Phi) is 6.62. The van der Waals surface area contributed by atoms with Gasteiger partial charge in [0.2, 0.25) is 5.91 Å². The molecule has 0 spiro atoms. The first-order valence-corrected chi connectivity index (χ1v) is 13.0. The Bertz CT molecular complexity index is 1370. The zero-order valence-electron chi connectivity index (χ0n) is 19.4. The van der Waals surface area contributed by atoms with E-state index >= 15 is 0 Å². The van der Waals surface area contributed by atoms with E-state index in [9.17, 15) is 14.7 Å². The molecule has 1 aliphatic carbocycles. The Labute approximate surface area is 212 Å². The summed E-state index contributed by atoms with van der Waals surface area (Å²) >= 11 is 7.46. The molecule has 2 aromatic carbocycles. The summed E-state index contributed by atoms with van der Waals surface area (Å²) in [6.07, 6.45) is 7.12. The number of aryl methyl sites for hydroxylation is 1. The van der Waals surface area contributed by atoms with Crippen molar-refractivity contribution in [3.8, 4) is 5.75 Å². The predicted octanol–water partition coefficient (Wildman–Crippen LogP) is 6.43. The van der Waals surface area contributed by atoms with Crippen LogP contribution in [0.4, 0.5) is 5.13 Å². The summed E-state index contributed by atoms with van der Waals surface area (Å²) in [5.74, 6) is -0.486. The third-order valence-corrected chi connectivity index (χ3v) is 7.78. The van der Waals surface area contributed by atoms with Crippen LogP contribution in [0.1, 0.15) is 59.3 Å². The number of ketones is 1. The van der Waals surface area contributed by atoms with Crippen molar-refractivity contribution in [3.05, 3.63) is 75.4 Å². The number of thiazole rings is 1. The number of nitrogens with zero attached hydrogens (tertiary/aromatic N) is 2. The first-order chi connectivity index (χ1) is 16.9. The van der Waals surface area contributed by atoms with Crippen molar-refractivity contribution >= 4 is 50.7 Å². The van der Waals surface area contributed by atoms with Crippen LogP contribution >= 0.6 is 22.9 Å². The summed E-state index contributed by atoms with van der Waals surface area (Å²) in [5, 5.41) is 14.5. The highest BCUT2D eigenvalue weighted by Gasteiger charge is 2.30. The van der Waals surface area contributed by atoms with Gasteiger partial charge in [0.25, 0.3) is 0 Å². The van der Waals surface area contributed by atoms with Crippen LogP contribution in [0.25, 0.3) is 10.9 Å². The van der Waals surface area contributed by atoms with Crippen LogP contribution in [0.2, 0.25) is 5.02 Å². The van der Waals surface area contributed by atoms with E-state index in [0.717, 1.165) is 36.9 Å². The third-order valence-electron chi connectivity index (χ3n) is 6.76. The van der Waals surface area contributed by atoms with Crippen LogP contribution in [-0.4, -0.2) is 32.8 Å². The minimum Gasteiger partial charge on any atom is -0.507 e. The van der Waals surface area contributed by atoms with E-state index in [0.29, 0.717) is 26.6 Å². The maximum atomic E-state index is 13.8. The smallest absolute Gasteiger partial charge is 0.233 e. The van der Waals surface area contributed by atoms with E-state index in [1.54, 1.807) is 36.5 Å². The van der Waals surface area contributed by atoms with Gasteiger partial charge in [0.1, 0.15) is 5.75 Å². The lowest BCUT2D eigenvalue weighted by atomic mass is 9.93. The number of hydrogen-bond acceptors (Lipinski definition) is 5. The molecule has 1 aliphatic rings. The van der Waals surface area contributed by atoms with E-state index in [-0.39, 0.29) is 35.5 Å². The minimum atomic E-state index is -0.318. The molecule has 4 aromatic rings. The van der Waals surface area contributed by atoms with Crippen LogP contribution < -0.4 is 4.90 Å². The SMILES string of the molecule is Cc1[nH]c2ccc(O)c(C(=O)c3ccc(Cl)cc3)c2c1CC(=O)N(c1nccs1)C1CCCCC1. The summed E-state index contributed by atoms with van der Waals surface area (Å²) in [7, 11) is 0. The van der Waals surface area contributed by atoms with Crippen molar-refractivity contribution in [2.45, 2.75) is 51.5 Å². The number of halogens is 1. The number of phenolic OH excluding ortho intramolecular Hbond substituents is 1. The lowest BCUT2D eigenvalue weighted by Crippen LogP contribution is -2.42. The van der Waals surface area contributed by atoms with Gasteiger partial charge in [-0.1, -0.05) is 30.9 Å². The first kappa shape index (κ1) is 23.6. The van der Waals surface area contributed by atoms with E-state index < -0.39 is 0 Å². The van der Waals surface area contributed by atoms with Crippen molar-refractivity contribution in [1.82, 2.24) is 9.97 Å². The van der Waals surface area contributed by atoms with Crippen LogP contribution in [0.15, 0.2) is 48.0 Å². The molecule has 180 valence electrons. The van der Waals surface area contributed by atoms with E-state index in [1.807, 2.05) is 17.2 Å². The minimum absolute atomic E-state index is 0.0518. The molecule has 8 heteroatoms. The fraction of sp³-hybridized carbons (Fsp3) is 0.296. The van der Waals surface area contributed by atoms with Gasteiger partial charge in [0, 0.05) is 44.8 Å². The molecular weight excluding hydrogens is 482 g/mol. The van der Waals surface area contributed by atoms with Crippen molar-refractivity contribution in [1.29, 1.82) is 0 Å². The summed E-state index contributed by atoms with van der Waals surface area (Å²) in [5.41, 5.74) is 2.83. The molecule has 2 aromatic heterocycles. The largest absolute Gasteiger partial charge is 0.507 e. The number of carbonyl (C=O) groups excluding carboxylic acids is 2. The van der Waals surface area contributed by atoms with Gasteiger partial charge in [-0.15, -0.1) is 11.3 Å². The Balaban J connectivity index is 1.57. The number of aromatic hydroxyl groups is 1. The average Bonchev–Trinajstić information content (AvgIpc) is 3.49. The number of H-pyrrole nitrogens is 1. The summed E-state index contributed by atoms with van der Waals surface area (Å²) < 4.78 is 0. The van der Waals surface area contributed by atoms with Crippen molar-refractivity contribution < 1.29 is 14.7 Å². The van der Waals surface area contributed by atoms with E-state index in [4.69, 9.17) is 11.6 Å². The summed E-state index contributed by atoms with van der Waals surface area (Å²) in [6.45, 7) is 1.89. The Hall–Kier alpha value is -3.16. The number of aromatic nitrogens is 2. The molecule has 0 bridgehead atoms. The Morgan fingerprint density at radius 3 is 2.57 bits per heavy atom. The second-order valence-electron chi connectivity index (χ2n) is 8.99. The number of aromatic amines is 1. The normalized spacial score (nSPS) is 14.3. The first-order valence-electron chi connectivity index (χ1n) is 11.8. The zero-order valence-corrected chi connectivity index (χ0v) is 21.0. The lowest BCUT2D eigenvalue weighted by molar-refractivity contribution is -0.118. The number of benzene rings is 2. The molecule has 6 nitrogen and oxygen atoms in total. The second kappa shape index (κ2) is 9.84. The average molecular weight is 508 g/mol. The number of carbonyl (C=O) groups is 2. The van der Waals surface area contributed by atoms with Crippen molar-refractivity contribution in [3.63, 3.8) is 0 Å². The van der Waals surface area contributed by atoms with Gasteiger partial charge in [-0.2, -0.15) is 0 Å². The molecule has 1 fully saturated rings. The quantitative estimate of drug-likeness (QED) is 0.294. The molecule has 1 amide bonds. The van der Waals surface area contributed by atoms with Gasteiger partial charge in [-0.3, -0.25) is 14.5 Å². The van der Waals surface area contributed by atoms with Gasteiger partial charge < -0.3 is 10.1 Å². The van der Waals surface area contributed by atoms with Gasteiger partial charge in [-0.25, -0.2) is 4.98 Å². The maximum absolute atomic E-state index is 13.8. The van der Waals surface area contributed by atoms with Crippen molar-refractivity contribution in [2.75, 3.05) is 4.90 Å². The number of amides is 1. The fourth-order valence-corrected chi connectivity index (χ4v) is 5.90. The number of nitrogens with one attached hydrogen (secondary N) is 1. The molecular formula is C27H26ClN3O3S. The second-order valence-corrected chi connectivity index (χ2v) is 10.3. The zero-order chi connectivity index (χ0) is 24.5. The van der Waals surface area contributed by atoms with Crippen LogP contribution in [0.3, 0.4) is 0 Å². The van der Waals surface area contributed by atoms with Crippen molar-refractivity contribution in [2.24, 2.45) is 0 Å². The molecule has 2 heterocycles. The molecule has 5 rings (SSSR count). The molecule has 0 unspecified atom stereocenters. The highest BCUT2D eigenvalue weighted by Crippen LogP contribution is 2.35. The predicted molar refractivity (Wildman–Crippen MR) is 140 cm³/mol. The number of rotatable bonds is 6. The molecule has 1 saturated carbocycles. The fourth-order valence-electron chi connectivity index (χ4n) is 5.05. The topological polar surface area (TPSA) is 86.3 Å². The number of phenols is 1. The molecule has 0 saturated heterocycles. The Morgan fingerprint density at radius 2 is 1.89 bits per heavy atom. The number of hydrogen-bond donors (Lipinski definition) is 2. The van der Waals surface area contributed by atoms with E-state index in [1.165, 1.54) is 23.8 Å². The standard InChI is InChI=1S/C27H26ClN3O3S/c1-16-20(15-23(33)31(27-29-13-14-35-27)19-5-3-2-4-6-19)24-21(30-16)11-12-22(32)25(24)26(34)17-7-9-18(28)10-8-17/h7-14,19,30,32H,2-6,15H2,1H3. The summed E-state index contributed by atoms with van der Waals surface area (Å²) in [4.78, 5) is 36.9. The van der Waals surface area contributed by atoms with Crippen LogP contribution in [-0.2, 0) is 11.2 Å². The summed E-state index contributed by atoms with van der Waals surface area (Å²) in [6, 6.07) is 9.95. The molecule has 0 atom stereocenters. The van der Waals surface area contributed by atoms with Gasteiger partial charge >= 0.3 is 0 Å². The van der Waals surface area contributed by atoms with Crippen LogP contribution in [0.5, 0.6) is 5.75 Å². The monoisotopic (exact) mass is 507 g/mol. The maximum Gasteiger partial charge on any atom is 0.233 e. The number of fused-ring (bicyclic) bond motifs is 1. The molecule has 0 aliphatic heterocycles. The molecule has 2 N–H and O–H groups in total. The molecule has 35 heavy (non-hydrogen) atoms. The highest BCUT2D eigenvalue weighted by molar-refractivity contribution is 7.13. The Morgan fingerprint density at radius 1 is 1.14 bits per heavy atom. The van der Waals surface area contributed by atoms with Gasteiger partial charge in [-0.05, 0) is 61.7 Å². The van der Waals surface area contributed by atoms with Gasteiger partial charge in [0.05, 0.1) is 12.0 Å². The van der Waals surface area contributed by atoms with Gasteiger partial charge in [0.15, 0.2) is 10.9 Å². The van der Waals surface area contributed by atoms with Crippen LogP contribution in [0, 0.1) is 6.92 Å². The van der Waals surface area contributed by atoms with E-state index in [2.05, 4.69) is 9.97 Å². The highest BCUT2D eigenvalue weighted by atomic mass is 35.5. The third kappa shape index (κ3) is 4.58. The lowest BCUT2D eigenvalue weighted by Gasteiger charge is -2.32. The number of anilines is 1.